The number of hydrogen-bond donors (Lipinski definition) is 2. The minimum absolute atomic E-state index is 0.0898. The molecule has 3 amide bonds. The van der Waals surface area contributed by atoms with Gasteiger partial charge in [-0.2, -0.15) is 0 Å². The van der Waals surface area contributed by atoms with Crippen LogP contribution in [0.15, 0.2) is 42.5 Å². The molecule has 2 aromatic carbocycles. The number of rotatable bonds is 5. The molecule has 3 atom stereocenters. The fourth-order valence-corrected chi connectivity index (χ4v) is 4.90. The highest BCUT2D eigenvalue weighted by atomic mass is 35.5. The van der Waals surface area contributed by atoms with Crippen molar-refractivity contribution >= 4 is 35.0 Å². The Morgan fingerprint density at radius 3 is 2.61 bits per heavy atom. The van der Waals surface area contributed by atoms with Crippen LogP contribution in [-0.2, 0) is 9.59 Å². The van der Waals surface area contributed by atoms with Crippen LogP contribution in [-0.4, -0.2) is 47.9 Å². The number of halogens is 1. The number of hydrogen-bond acceptors (Lipinski definition) is 4. The first kappa shape index (κ1) is 23.1. The van der Waals surface area contributed by atoms with Gasteiger partial charge in [0.25, 0.3) is 5.91 Å². The average Bonchev–Trinajstić information content (AvgIpc) is 2.80. The summed E-state index contributed by atoms with van der Waals surface area (Å²) in [6, 6.07) is 11.1. The maximum absolute atomic E-state index is 13.6. The minimum atomic E-state index is -0.900. The first-order chi connectivity index (χ1) is 15.9. The summed E-state index contributed by atoms with van der Waals surface area (Å²) in [5.41, 5.74) is 1.98. The van der Waals surface area contributed by atoms with Gasteiger partial charge < -0.3 is 20.3 Å². The van der Waals surface area contributed by atoms with Crippen molar-refractivity contribution < 1.29 is 19.1 Å². The van der Waals surface area contributed by atoms with Gasteiger partial charge in [-0.05, 0) is 50.1 Å². The van der Waals surface area contributed by atoms with Gasteiger partial charge in [0.05, 0.1) is 25.3 Å². The Balaban J connectivity index is 1.60. The van der Waals surface area contributed by atoms with E-state index in [0.29, 0.717) is 22.0 Å². The van der Waals surface area contributed by atoms with E-state index in [4.69, 9.17) is 16.3 Å². The van der Waals surface area contributed by atoms with Crippen LogP contribution in [0, 0.1) is 6.92 Å². The number of carbonyl (C=O) groups excluding carboxylic acids is 3. The van der Waals surface area contributed by atoms with E-state index >= 15 is 0 Å². The van der Waals surface area contributed by atoms with E-state index in [2.05, 4.69) is 10.6 Å². The maximum atomic E-state index is 13.6. The average molecular weight is 470 g/mol. The summed E-state index contributed by atoms with van der Waals surface area (Å²) in [7, 11) is 1.50. The lowest BCUT2D eigenvalue weighted by atomic mass is 9.84. The highest BCUT2D eigenvalue weighted by molar-refractivity contribution is 6.31. The topological polar surface area (TPSA) is 87.7 Å². The number of carbonyl (C=O) groups is 3. The molecule has 2 N–H and O–H groups in total. The Morgan fingerprint density at radius 2 is 1.88 bits per heavy atom. The quantitative estimate of drug-likeness (QED) is 0.694. The molecule has 33 heavy (non-hydrogen) atoms. The molecule has 1 aliphatic carbocycles. The molecule has 8 heteroatoms. The Labute approximate surface area is 198 Å². The van der Waals surface area contributed by atoms with E-state index in [0.717, 1.165) is 31.2 Å². The minimum Gasteiger partial charge on any atom is -0.495 e. The molecule has 1 aliphatic heterocycles. The molecule has 174 valence electrons. The number of ether oxygens (including phenoxy) is 1. The largest absolute Gasteiger partial charge is 0.495 e. The fourth-order valence-electron chi connectivity index (χ4n) is 4.73. The summed E-state index contributed by atoms with van der Waals surface area (Å²) in [6.07, 6.45) is 3.44. The summed E-state index contributed by atoms with van der Waals surface area (Å²) >= 11 is 6.07. The van der Waals surface area contributed by atoms with Crippen molar-refractivity contribution in [3.05, 3.63) is 58.6 Å². The molecule has 4 rings (SSSR count). The van der Waals surface area contributed by atoms with Gasteiger partial charge in [-0.1, -0.05) is 42.1 Å². The van der Waals surface area contributed by atoms with Gasteiger partial charge in [-0.3, -0.25) is 14.4 Å². The van der Waals surface area contributed by atoms with Gasteiger partial charge in [0.15, 0.2) is 0 Å². The number of amides is 3. The van der Waals surface area contributed by atoms with Crippen molar-refractivity contribution in [3.63, 3.8) is 0 Å². The lowest BCUT2D eigenvalue weighted by Gasteiger charge is -2.48. The van der Waals surface area contributed by atoms with Crippen LogP contribution in [0.4, 0.5) is 5.69 Å². The monoisotopic (exact) mass is 469 g/mol. The smallest absolute Gasteiger partial charge is 0.254 e. The number of anilines is 1. The normalized spacial score (nSPS) is 22.2. The predicted octanol–water partition coefficient (Wildman–Crippen LogP) is 3.94. The van der Waals surface area contributed by atoms with Crippen molar-refractivity contribution in [1.82, 2.24) is 10.2 Å². The van der Waals surface area contributed by atoms with Crippen LogP contribution in [0.2, 0.25) is 5.02 Å². The number of fused-ring (bicyclic) bond motifs is 1. The van der Waals surface area contributed by atoms with Crippen molar-refractivity contribution in [2.45, 2.75) is 57.2 Å². The summed E-state index contributed by atoms with van der Waals surface area (Å²) in [5, 5.41) is 6.29. The number of benzene rings is 2. The van der Waals surface area contributed by atoms with Gasteiger partial charge in [-0.25, -0.2) is 0 Å². The van der Waals surface area contributed by atoms with Gasteiger partial charge in [0.2, 0.25) is 11.8 Å². The van der Waals surface area contributed by atoms with Crippen LogP contribution >= 0.6 is 11.6 Å². The molecule has 1 heterocycles. The third kappa shape index (κ3) is 4.98. The van der Waals surface area contributed by atoms with E-state index in [9.17, 15) is 14.4 Å². The highest BCUT2D eigenvalue weighted by Crippen LogP contribution is 2.32. The van der Waals surface area contributed by atoms with Gasteiger partial charge >= 0.3 is 0 Å². The molecule has 0 radical (unpaired) electrons. The van der Waals surface area contributed by atoms with E-state index < -0.39 is 11.9 Å². The summed E-state index contributed by atoms with van der Waals surface area (Å²) in [4.78, 5) is 41.3. The second kappa shape index (κ2) is 9.83. The van der Waals surface area contributed by atoms with Gasteiger partial charge in [-0.15, -0.1) is 0 Å². The van der Waals surface area contributed by atoms with Crippen LogP contribution < -0.4 is 15.4 Å². The molecule has 2 aromatic rings. The second-order valence-corrected chi connectivity index (χ2v) is 9.09. The molecule has 1 saturated heterocycles. The number of piperazine rings is 1. The van der Waals surface area contributed by atoms with Gasteiger partial charge in [0, 0.05) is 16.6 Å². The van der Waals surface area contributed by atoms with E-state index in [1.165, 1.54) is 7.11 Å². The lowest BCUT2D eigenvalue weighted by molar-refractivity contribution is -0.135. The highest BCUT2D eigenvalue weighted by Gasteiger charge is 2.46. The first-order valence-electron chi connectivity index (χ1n) is 11.2. The van der Waals surface area contributed by atoms with Crippen LogP contribution in [0.3, 0.4) is 0 Å². The Morgan fingerprint density at radius 1 is 1.15 bits per heavy atom. The second-order valence-electron chi connectivity index (χ2n) is 8.66. The first-order valence-corrected chi connectivity index (χ1v) is 11.6. The summed E-state index contributed by atoms with van der Waals surface area (Å²) in [5.74, 6) is -0.459. The maximum Gasteiger partial charge on any atom is 0.254 e. The lowest BCUT2D eigenvalue weighted by Crippen LogP contribution is -2.68. The number of nitrogens with zero attached hydrogens (tertiary/aromatic N) is 1. The molecule has 1 saturated carbocycles. The Hall–Kier alpha value is -3.06. The number of aryl methyl sites for hydroxylation is 1. The Bertz CT molecular complexity index is 1060. The van der Waals surface area contributed by atoms with Crippen molar-refractivity contribution in [2.75, 3.05) is 12.4 Å². The summed E-state index contributed by atoms with van der Waals surface area (Å²) in [6.45, 7) is 1.96. The molecule has 0 spiro atoms. The molecule has 0 aromatic heterocycles. The molecular weight excluding hydrogens is 442 g/mol. The zero-order chi connectivity index (χ0) is 23.5. The molecule has 7 nitrogen and oxygen atoms in total. The SMILES string of the molecule is COc1ccc(Cl)cc1NC(=O)C[C@H]1C(=O)N[C@@H]2CCCC[C@@H]2N1C(=O)c1ccc(C)cc1. The third-order valence-corrected chi connectivity index (χ3v) is 6.64. The summed E-state index contributed by atoms with van der Waals surface area (Å²) < 4.78 is 5.29. The zero-order valence-electron chi connectivity index (χ0n) is 18.8. The zero-order valence-corrected chi connectivity index (χ0v) is 19.5. The molecule has 0 unspecified atom stereocenters. The van der Waals surface area contributed by atoms with Crippen molar-refractivity contribution in [2.24, 2.45) is 0 Å². The third-order valence-electron chi connectivity index (χ3n) is 6.40. The van der Waals surface area contributed by atoms with E-state index in [1.54, 1.807) is 35.2 Å². The molecule has 2 fully saturated rings. The van der Waals surface area contributed by atoms with Crippen LogP contribution in [0.1, 0.15) is 48.0 Å². The standard InChI is InChI=1S/C25H28ClN3O4/c1-15-7-9-16(10-8-15)25(32)29-20-6-4-3-5-18(20)28-24(31)21(29)14-23(30)27-19-13-17(26)11-12-22(19)33-2/h7-13,18,20-21H,3-6,14H2,1-2H3,(H,27,30)(H,28,31)/t18-,20+,21+/m1/s1. The number of nitrogens with one attached hydrogen (secondary N) is 2. The Kier molecular flexibility index (Phi) is 6.88. The van der Waals surface area contributed by atoms with Crippen LogP contribution in [0.25, 0.3) is 0 Å². The van der Waals surface area contributed by atoms with Crippen molar-refractivity contribution in [1.29, 1.82) is 0 Å². The molecule has 2 aliphatic rings. The van der Waals surface area contributed by atoms with Gasteiger partial charge in [0.1, 0.15) is 11.8 Å². The van der Waals surface area contributed by atoms with E-state index in [-0.39, 0.29) is 30.3 Å². The van der Waals surface area contributed by atoms with Crippen LogP contribution in [0.5, 0.6) is 5.75 Å². The van der Waals surface area contributed by atoms with Crippen molar-refractivity contribution in [3.8, 4) is 5.75 Å². The predicted molar refractivity (Wildman–Crippen MR) is 127 cm³/mol. The molecule has 0 bridgehead atoms. The fraction of sp³-hybridized carbons (Fsp3) is 0.400. The molecular formula is C25H28ClN3O4. The number of methoxy groups -OCH3 is 1. The van der Waals surface area contributed by atoms with E-state index in [1.807, 2.05) is 19.1 Å².